The Hall–Kier alpha value is -3.88. The van der Waals surface area contributed by atoms with Crippen LogP contribution in [0.25, 0.3) is 11.3 Å². The van der Waals surface area contributed by atoms with Crippen LogP contribution < -0.4 is 15.4 Å². The molecule has 0 spiro atoms. The van der Waals surface area contributed by atoms with Crippen LogP contribution in [0.5, 0.6) is 5.88 Å². The van der Waals surface area contributed by atoms with Crippen molar-refractivity contribution in [2.75, 3.05) is 13.1 Å². The molecule has 33 heavy (non-hydrogen) atoms. The van der Waals surface area contributed by atoms with E-state index in [0.29, 0.717) is 17.2 Å². The van der Waals surface area contributed by atoms with E-state index in [4.69, 9.17) is 14.0 Å². The Morgan fingerprint density at radius 1 is 1.03 bits per heavy atom. The number of carbonyl (C=O) groups excluding carboxylic acids is 2. The molecule has 0 saturated heterocycles. The van der Waals surface area contributed by atoms with Gasteiger partial charge in [0, 0.05) is 30.9 Å². The summed E-state index contributed by atoms with van der Waals surface area (Å²) in [7, 11) is 0. The van der Waals surface area contributed by atoms with E-state index in [2.05, 4.69) is 20.8 Å². The second-order valence-corrected chi connectivity index (χ2v) is 8.29. The Morgan fingerprint density at radius 3 is 2.42 bits per heavy atom. The van der Waals surface area contributed by atoms with Gasteiger partial charge in [-0.1, -0.05) is 35.5 Å². The molecule has 0 aliphatic carbocycles. The van der Waals surface area contributed by atoms with E-state index in [9.17, 15) is 9.59 Å². The topological polar surface area (TPSA) is 116 Å². The largest absolute Gasteiger partial charge is 0.473 e. The Bertz CT molecular complexity index is 1070. The Balaban J connectivity index is 1.49. The molecule has 0 aliphatic rings. The summed E-state index contributed by atoms with van der Waals surface area (Å²) in [6.07, 6.45) is 0.906. The van der Waals surface area contributed by atoms with Gasteiger partial charge in [0.2, 0.25) is 5.88 Å². The predicted molar refractivity (Wildman–Crippen MR) is 122 cm³/mol. The molecule has 2 heterocycles. The summed E-state index contributed by atoms with van der Waals surface area (Å²) in [5.41, 5.74) is 2.31. The van der Waals surface area contributed by atoms with Crippen molar-refractivity contribution in [2.24, 2.45) is 0 Å². The van der Waals surface area contributed by atoms with Crippen molar-refractivity contribution < 1.29 is 23.6 Å². The van der Waals surface area contributed by atoms with E-state index in [0.717, 1.165) is 16.8 Å². The minimum atomic E-state index is -0.571. The lowest BCUT2D eigenvalue weighted by atomic mass is 10.1. The number of benzene rings is 1. The maximum atomic E-state index is 12.3. The molecule has 0 radical (unpaired) electrons. The number of carbonyl (C=O) groups is 2. The number of amides is 2. The molecular weight excluding hydrogens is 424 g/mol. The van der Waals surface area contributed by atoms with Gasteiger partial charge in [-0.2, -0.15) is 0 Å². The van der Waals surface area contributed by atoms with Gasteiger partial charge < -0.3 is 24.6 Å². The van der Waals surface area contributed by atoms with Gasteiger partial charge in [-0.25, -0.2) is 9.78 Å². The summed E-state index contributed by atoms with van der Waals surface area (Å²) < 4.78 is 16.3. The summed E-state index contributed by atoms with van der Waals surface area (Å²) in [4.78, 5) is 28.1. The lowest BCUT2D eigenvalue weighted by Gasteiger charge is -2.19. The Morgan fingerprint density at radius 2 is 1.76 bits per heavy atom. The molecule has 3 rings (SSSR count). The molecule has 1 aromatic carbocycles. The maximum Gasteiger partial charge on any atom is 0.407 e. The summed E-state index contributed by atoms with van der Waals surface area (Å²) in [5, 5.41) is 9.43. The molecule has 0 unspecified atom stereocenters. The van der Waals surface area contributed by atoms with E-state index < -0.39 is 11.7 Å². The molecule has 9 heteroatoms. The van der Waals surface area contributed by atoms with E-state index in [1.54, 1.807) is 32.9 Å². The summed E-state index contributed by atoms with van der Waals surface area (Å²) >= 11 is 0. The van der Waals surface area contributed by atoms with Gasteiger partial charge in [0.1, 0.15) is 23.7 Å². The molecule has 0 saturated carbocycles. The van der Waals surface area contributed by atoms with Crippen LogP contribution in [0.1, 0.15) is 42.5 Å². The van der Waals surface area contributed by atoms with Crippen molar-refractivity contribution in [1.82, 2.24) is 20.8 Å². The van der Waals surface area contributed by atoms with Gasteiger partial charge >= 0.3 is 6.09 Å². The molecule has 0 fully saturated rings. The highest BCUT2D eigenvalue weighted by molar-refractivity contribution is 5.93. The second-order valence-electron chi connectivity index (χ2n) is 8.29. The molecule has 0 aliphatic heterocycles. The van der Waals surface area contributed by atoms with Gasteiger partial charge in [-0.15, -0.1) is 0 Å². The number of aromatic nitrogens is 2. The molecule has 0 bridgehead atoms. The number of hydrogen-bond donors (Lipinski definition) is 2. The predicted octanol–water partition coefficient (Wildman–Crippen LogP) is 3.88. The maximum absolute atomic E-state index is 12.3. The fourth-order valence-electron chi connectivity index (χ4n) is 2.89. The summed E-state index contributed by atoms with van der Waals surface area (Å²) in [5.74, 6) is 0.740. The zero-order valence-electron chi connectivity index (χ0n) is 19.2. The van der Waals surface area contributed by atoms with Crippen LogP contribution in [-0.4, -0.2) is 40.8 Å². The van der Waals surface area contributed by atoms with Crippen molar-refractivity contribution in [1.29, 1.82) is 0 Å². The quantitative estimate of drug-likeness (QED) is 0.498. The minimum Gasteiger partial charge on any atom is -0.473 e. The molecule has 9 nitrogen and oxygen atoms in total. The third-order valence-electron chi connectivity index (χ3n) is 4.47. The first kappa shape index (κ1) is 23.8. The number of nitrogens with one attached hydrogen (secondary N) is 2. The first-order valence-corrected chi connectivity index (χ1v) is 10.6. The fourth-order valence-corrected chi connectivity index (χ4v) is 2.89. The lowest BCUT2D eigenvalue weighted by Crippen LogP contribution is -2.37. The minimum absolute atomic E-state index is 0.231. The number of nitrogens with zero attached hydrogens (tertiary/aromatic N) is 2. The van der Waals surface area contributed by atoms with E-state index >= 15 is 0 Å². The average Bonchev–Trinajstić information content (AvgIpc) is 3.15. The highest BCUT2D eigenvalue weighted by atomic mass is 16.6. The molecule has 2 amide bonds. The summed E-state index contributed by atoms with van der Waals surface area (Å²) in [6, 6.07) is 13.0. The van der Waals surface area contributed by atoms with Crippen LogP contribution in [0.4, 0.5) is 4.79 Å². The van der Waals surface area contributed by atoms with Crippen molar-refractivity contribution in [2.45, 2.75) is 39.9 Å². The zero-order valence-corrected chi connectivity index (χ0v) is 19.2. The number of aryl methyl sites for hydroxylation is 1. The van der Waals surface area contributed by atoms with E-state index in [1.807, 2.05) is 37.3 Å². The molecule has 174 valence electrons. The normalized spacial score (nSPS) is 11.0. The van der Waals surface area contributed by atoms with Crippen molar-refractivity contribution in [3.05, 3.63) is 65.5 Å². The third kappa shape index (κ3) is 7.06. The third-order valence-corrected chi connectivity index (χ3v) is 4.47. The zero-order chi connectivity index (χ0) is 23.8. The Kier molecular flexibility index (Phi) is 7.66. The molecule has 3 aromatic rings. The van der Waals surface area contributed by atoms with Crippen molar-refractivity contribution in [3.63, 3.8) is 0 Å². The standard InChI is InChI=1S/C24H28N4O5/c1-16-19(21(28-33-16)17-8-6-5-7-9-17)15-31-20-11-10-18(14-27-20)22(29)25-12-13-26-23(30)32-24(2,3)4/h5-11,14H,12-13,15H2,1-4H3,(H,25,29)(H,26,30). The second kappa shape index (κ2) is 10.6. The van der Waals surface area contributed by atoms with Gasteiger partial charge in [0.15, 0.2) is 0 Å². The van der Waals surface area contributed by atoms with Crippen LogP contribution in [0, 0.1) is 6.92 Å². The SMILES string of the molecule is Cc1onc(-c2ccccc2)c1COc1ccc(C(=O)NCCNC(=O)OC(C)(C)C)cn1. The molecule has 2 N–H and O–H groups in total. The van der Waals surface area contributed by atoms with Crippen LogP contribution in [0.3, 0.4) is 0 Å². The van der Waals surface area contributed by atoms with Crippen molar-refractivity contribution >= 4 is 12.0 Å². The first-order valence-electron chi connectivity index (χ1n) is 10.6. The summed E-state index contributed by atoms with van der Waals surface area (Å²) in [6.45, 7) is 7.91. The highest BCUT2D eigenvalue weighted by Gasteiger charge is 2.17. The van der Waals surface area contributed by atoms with Gasteiger partial charge in [0.05, 0.1) is 11.1 Å². The smallest absolute Gasteiger partial charge is 0.407 e. The number of hydrogen-bond acceptors (Lipinski definition) is 7. The fraction of sp³-hybridized carbons (Fsp3) is 0.333. The number of pyridine rings is 1. The number of rotatable bonds is 8. The van der Waals surface area contributed by atoms with E-state index in [-0.39, 0.29) is 25.6 Å². The van der Waals surface area contributed by atoms with Gasteiger partial charge in [-0.05, 0) is 33.8 Å². The van der Waals surface area contributed by atoms with Gasteiger partial charge in [-0.3, -0.25) is 4.79 Å². The molecular formula is C24H28N4O5. The van der Waals surface area contributed by atoms with Crippen LogP contribution in [-0.2, 0) is 11.3 Å². The van der Waals surface area contributed by atoms with Crippen molar-refractivity contribution in [3.8, 4) is 17.1 Å². The molecule has 2 aromatic heterocycles. The van der Waals surface area contributed by atoms with Crippen LogP contribution in [0.2, 0.25) is 0 Å². The van der Waals surface area contributed by atoms with Gasteiger partial charge in [0.25, 0.3) is 5.91 Å². The monoisotopic (exact) mass is 452 g/mol. The van der Waals surface area contributed by atoms with E-state index in [1.165, 1.54) is 6.20 Å². The van der Waals surface area contributed by atoms with Crippen LogP contribution in [0.15, 0.2) is 53.2 Å². The molecule has 0 atom stereocenters. The first-order chi connectivity index (χ1) is 15.7. The highest BCUT2D eigenvalue weighted by Crippen LogP contribution is 2.26. The number of alkyl carbamates (subject to hydrolysis) is 1. The lowest BCUT2D eigenvalue weighted by molar-refractivity contribution is 0.0526. The van der Waals surface area contributed by atoms with Crippen LogP contribution >= 0.6 is 0 Å². The Labute approximate surface area is 192 Å². The average molecular weight is 453 g/mol. The number of ether oxygens (including phenoxy) is 2.